The number of likely N-dealkylation sites (N-methyl/N-ethyl adjacent to an activating group) is 2. The van der Waals surface area contributed by atoms with Crippen LogP contribution in [0.1, 0.15) is 0 Å². The molecule has 2 N–H and O–H groups in total. The van der Waals surface area contributed by atoms with E-state index in [1.165, 1.54) is 28.6 Å². The van der Waals surface area contributed by atoms with E-state index in [4.69, 9.17) is 11.1 Å². The summed E-state index contributed by atoms with van der Waals surface area (Å²) in [6.45, 7) is 8.29. The lowest BCUT2D eigenvalue weighted by Crippen LogP contribution is -2.19. The molecule has 12 nitrogen and oxygen atoms in total. The van der Waals surface area contributed by atoms with Crippen molar-refractivity contribution in [3.8, 4) is 0 Å². The Labute approximate surface area is 312 Å². The average molecular weight is 901 g/mol. The number of carbonyl (C=O) groups excluding carboxylic acids is 3. The molecule has 0 aliphatic carbocycles. The number of nitrogens with one attached hydrogen (secondary N) is 2. The highest BCUT2D eigenvalue weighted by Crippen LogP contribution is 3.10. The first kappa shape index (κ1) is 51.1. The molecule has 0 saturated carbocycles. The van der Waals surface area contributed by atoms with Crippen LogP contribution in [0.5, 0.6) is 0 Å². The van der Waals surface area contributed by atoms with Crippen molar-refractivity contribution < 1.29 is 19.1 Å². The monoisotopic (exact) mass is 900 g/mol. The number of benzene rings is 2. The van der Waals surface area contributed by atoms with Gasteiger partial charge in [0.15, 0.2) is 0 Å². The lowest BCUT2D eigenvalue weighted by atomic mass is 10.4. The minimum atomic E-state index is -0.981. The summed E-state index contributed by atoms with van der Waals surface area (Å²) in [6.07, 6.45) is -0.560. The maximum absolute atomic E-state index is 11.3. The highest BCUT2D eigenvalue weighted by atomic mass is 33.2. The number of carbonyl (C=O) groups is 3. The Morgan fingerprint density at radius 3 is 1.52 bits per heavy atom. The van der Waals surface area contributed by atoms with E-state index in [9.17, 15) is 14.4 Å². The van der Waals surface area contributed by atoms with Crippen LogP contribution < -0.4 is 0 Å². The number of amides is 1. The van der Waals surface area contributed by atoms with Crippen molar-refractivity contribution in [3.63, 3.8) is 0 Å². The number of cyclic esters (lactones) is 2. The van der Waals surface area contributed by atoms with Crippen LogP contribution in [0.4, 0.5) is 4.79 Å². The molecule has 2 aromatic rings. The van der Waals surface area contributed by atoms with Crippen molar-refractivity contribution in [2.24, 2.45) is 20.9 Å². The number of hydrogen-bond acceptors (Lipinski definition) is 9. The highest BCUT2D eigenvalue weighted by Gasteiger charge is 2.25. The minimum Gasteiger partial charge on any atom is -0.375 e. The van der Waals surface area contributed by atoms with Crippen LogP contribution in [0.3, 0.4) is 0 Å². The maximum Gasteiger partial charge on any atom is 0.417 e. The second kappa shape index (κ2) is 30.5. The summed E-state index contributed by atoms with van der Waals surface area (Å²) >= 11 is 3.33. The zero-order chi connectivity index (χ0) is 37.3. The Kier molecular flexibility index (Phi) is 32.5. The van der Waals surface area contributed by atoms with Gasteiger partial charge in [-0.15, -0.1) is 53.6 Å². The first-order chi connectivity index (χ1) is 22.3. The first-order valence-corrected chi connectivity index (χ1v) is 36.3. The third-order valence-corrected chi connectivity index (χ3v) is 58.3. The van der Waals surface area contributed by atoms with Crippen LogP contribution in [-0.2, 0) is 14.3 Å². The van der Waals surface area contributed by atoms with E-state index in [1.807, 2.05) is 60.5 Å². The van der Waals surface area contributed by atoms with E-state index in [0.717, 1.165) is 4.90 Å². The van der Waals surface area contributed by atoms with Crippen molar-refractivity contribution in [2.45, 2.75) is 29.4 Å². The minimum absolute atomic E-state index is 0.0822. The molecule has 25 heteroatoms. The third kappa shape index (κ3) is 30.6. The van der Waals surface area contributed by atoms with Crippen LogP contribution in [0.25, 0.3) is 0 Å². The van der Waals surface area contributed by atoms with Gasteiger partial charge < -0.3 is 9.64 Å². The van der Waals surface area contributed by atoms with Gasteiger partial charge in [0.25, 0.3) is 0 Å². The standard InChI is InChI=1S/C10H13NOS.C9H14SSi.C4H5NO3.H2N6.H12P10/c1-11(2)8-10(12)13-9-6-4-3-5-7-9;1-11(2,3)10-9-7-5-4-6-8-9;1-5-2-3(6)8-4(5)7;1-3-5-6-4-2;1-7(2)10(8(3)4)9(5)6/h3-7H,8H2,1-2H3;4-8H,1-3H3;2H2,1H3;1-2H;1-6H2/b;;;3-1?,4-2?,6-5+;. The second-order valence-corrected chi connectivity index (χ2v) is 56.9. The smallest absolute Gasteiger partial charge is 0.375 e. The molecule has 0 bridgehead atoms. The molecule has 3 rings (SSSR count). The fraction of sp³-hybridized carbons (Fsp3) is 0.348. The fourth-order valence-corrected chi connectivity index (χ4v) is 93.6. The molecular formula is C23H46N8O4P10S2Si. The third-order valence-electron chi connectivity index (χ3n) is 4.22. The molecule has 1 heterocycles. The lowest BCUT2D eigenvalue weighted by molar-refractivity contribution is -0.132. The van der Waals surface area contributed by atoms with Crippen LogP contribution in [0.2, 0.25) is 19.6 Å². The zero-order valence-electron chi connectivity index (χ0n) is 27.6. The predicted octanol–water partition coefficient (Wildman–Crippen LogP) is 11.8. The van der Waals surface area contributed by atoms with E-state index in [0.29, 0.717) is 6.54 Å². The Balaban J connectivity index is 0. The normalized spacial score (nSPS) is 12.4. The van der Waals surface area contributed by atoms with Gasteiger partial charge in [-0.25, -0.2) is 9.59 Å². The van der Waals surface area contributed by atoms with Gasteiger partial charge in [0.1, 0.15) is 13.8 Å². The van der Waals surface area contributed by atoms with Crippen molar-refractivity contribution >= 4 is 129 Å². The topological polar surface area (TPSA) is 164 Å². The van der Waals surface area contributed by atoms with Gasteiger partial charge in [-0.05, 0) is 87.2 Å². The van der Waals surface area contributed by atoms with Crippen molar-refractivity contribution in [3.05, 3.63) is 60.7 Å². The molecule has 1 amide bonds. The van der Waals surface area contributed by atoms with E-state index in [1.54, 1.807) is 0 Å². The van der Waals surface area contributed by atoms with Gasteiger partial charge in [0.2, 0.25) is 5.12 Å². The summed E-state index contributed by atoms with van der Waals surface area (Å²) in [5.74, 6) is -0.475. The van der Waals surface area contributed by atoms with Crippen LogP contribution in [-0.4, -0.2) is 68.4 Å². The second-order valence-electron chi connectivity index (χ2n) is 9.94. The molecule has 6 atom stereocenters. The van der Waals surface area contributed by atoms with Gasteiger partial charge in [-0.2, -0.15) is 22.3 Å². The molecule has 1 fully saturated rings. The average Bonchev–Trinajstić information content (AvgIpc) is 3.26. The van der Waals surface area contributed by atoms with Crippen molar-refractivity contribution in [2.75, 3.05) is 34.2 Å². The van der Waals surface area contributed by atoms with Gasteiger partial charge in [-0.3, -0.25) is 9.69 Å². The van der Waals surface area contributed by atoms with Crippen LogP contribution in [0, 0.1) is 11.1 Å². The number of nitrogens with zero attached hydrogens (tertiary/aromatic N) is 6. The first-order valence-electron chi connectivity index (χ1n) is 13.3. The SMILES string of the molecule is CN(C)CC(=O)Sc1ccccc1.CN1CC(=O)OC1=O.C[Si](C)(C)Sc1ccccc1.N=N/N=N/N=N.PP(P)P(P(P)P)P(P)P. The molecule has 0 aromatic heterocycles. The molecule has 0 radical (unpaired) electrons. The number of rotatable bonds is 10. The molecule has 1 saturated heterocycles. The van der Waals surface area contributed by atoms with Gasteiger partial charge >= 0.3 is 12.1 Å². The van der Waals surface area contributed by atoms with Crippen LogP contribution >= 0.6 is 104 Å². The van der Waals surface area contributed by atoms with Crippen LogP contribution in [0.15, 0.2) is 91.3 Å². The Morgan fingerprint density at radius 1 is 0.854 bits per heavy atom. The summed E-state index contributed by atoms with van der Waals surface area (Å²) in [7, 11) is 22.0. The van der Waals surface area contributed by atoms with E-state index < -0.39 is 19.3 Å². The largest absolute Gasteiger partial charge is 0.417 e. The summed E-state index contributed by atoms with van der Waals surface area (Å²) in [6, 6.07) is 20.3. The van der Waals surface area contributed by atoms with Gasteiger partial charge in [-0.1, -0.05) is 67.8 Å². The maximum atomic E-state index is 11.3. The number of thioether (sulfide) groups is 1. The summed E-state index contributed by atoms with van der Waals surface area (Å²) in [5.41, 5.74) is 11.9. The van der Waals surface area contributed by atoms with E-state index in [2.05, 4.69) is 129 Å². The summed E-state index contributed by atoms with van der Waals surface area (Å²) in [5, 5.41) is 10.3. The molecule has 6 unspecified atom stereocenters. The Hall–Kier alpha value is 1.03. The Morgan fingerprint density at radius 2 is 1.27 bits per heavy atom. The predicted molar refractivity (Wildman–Crippen MR) is 237 cm³/mol. The van der Waals surface area contributed by atoms with Crippen molar-refractivity contribution in [1.29, 1.82) is 11.1 Å². The zero-order valence-corrected chi connectivity index (χ0v) is 40.7. The molecule has 1 aliphatic heterocycles. The molecular weight excluding hydrogens is 854 g/mol. The van der Waals surface area contributed by atoms with E-state index in [-0.39, 0.29) is 39.6 Å². The summed E-state index contributed by atoms with van der Waals surface area (Å²) in [4.78, 5) is 37.3. The Bertz CT molecular complexity index is 1230. The molecule has 1 aliphatic rings. The quantitative estimate of drug-likeness (QED) is 0.0456. The lowest BCUT2D eigenvalue weighted by Gasteiger charge is -2.27. The highest BCUT2D eigenvalue weighted by molar-refractivity contribution is 9.16. The number of esters is 1. The fourth-order valence-electron chi connectivity index (χ4n) is 2.62. The molecule has 268 valence electrons. The van der Waals surface area contributed by atoms with Crippen molar-refractivity contribution in [1.82, 2.24) is 9.80 Å². The van der Waals surface area contributed by atoms with Gasteiger partial charge in [0, 0.05) is 16.8 Å². The summed E-state index contributed by atoms with van der Waals surface area (Å²) < 4.78 is 4.12. The number of hydrogen-bond donors (Lipinski definition) is 2. The molecule has 48 heavy (non-hydrogen) atoms. The molecule has 2 aromatic carbocycles. The van der Waals surface area contributed by atoms with Gasteiger partial charge in [0.05, 0.1) is 6.54 Å². The number of ether oxygens (including phenoxy) is 1. The molecule has 0 spiro atoms. The van der Waals surface area contributed by atoms with E-state index >= 15 is 0 Å².